The van der Waals surface area contributed by atoms with Gasteiger partial charge in [-0.15, -0.1) is 0 Å². The molecule has 0 saturated heterocycles. The van der Waals surface area contributed by atoms with E-state index in [1.807, 2.05) is 10.8 Å². The largest absolute Gasteiger partial charge is 0.353 e. The molecule has 0 unspecified atom stereocenters. The maximum absolute atomic E-state index is 11.2. The fourth-order valence-corrected chi connectivity index (χ4v) is 2.85. The first-order chi connectivity index (χ1) is 8.54. The number of aryl methyl sites for hydroxylation is 1. The summed E-state index contributed by atoms with van der Waals surface area (Å²) in [5, 5.41) is 3.42. The van der Waals surface area contributed by atoms with Crippen LogP contribution >= 0.6 is 0 Å². The number of hydrogen-bond acceptors (Lipinski definition) is 4. The minimum absolute atomic E-state index is 0.155. The van der Waals surface area contributed by atoms with Gasteiger partial charge in [0.05, 0.1) is 5.75 Å². The van der Waals surface area contributed by atoms with E-state index < -0.39 is 9.84 Å². The number of anilines is 1. The summed E-state index contributed by atoms with van der Waals surface area (Å²) < 4.78 is 24.2. The average Bonchev–Trinajstić information content (AvgIpc) is 2.74. The van der Waals surface area contributed by atoms with Crippen LogP contribution in [0.5, 0.6) is 0 Å². The second kappa shape index (κ2) is 5.73. The van der Waals surface area contributed by atoms with Crippen molar-refractivity contribution >= 4 is 15.8 Å². The van der Waals surface area contributed by atoms with Gasteiger partial charge in [0, 0.05) is 31.2 Å². The van der Waals surface area contributed by atoms with Crippen molar-refractivity contribution in [2.45, 2.75) is 44.7 Å². The highest BCUT2D eigenvalue weighted by Crippen LogP contribution is 2.20. The van der Waals surface area contributed by atoms with Crippen molar-refractivity contribution in [3.63, 3.8) is 0 Å². The highest BCUT2D eigenvalue weighted by Gasteiger charge is 2.15. The number of hydrogen-bond donors (Lipinski definition) is 1. The second-order valence-electron chi connectivity index (χ2n) is 5.05. The standard InChI is InChI=1S/C12H21N3O2S/c1-18(16,17)10-9-15-8-7-13-12(15)14-11-5-3-2-4-6-11/h7-8,11H,2-6,9-10H2,1H3,(H,13,14). The Balaban J connectivity index is 1.94. The van der Waals surface area contributed by atoms with E-state index in [-0.39, 0.29) is 5.75 Å². The quantitative estimate of drug-likeness (QED) is 0.885. The molecule has 0 bridgehead atoms. The van der Waals surface area contributed by atoms with Crippen LogP contribution in [0.2, 0.25) is 0 Å². The Hall–Kier alpha value is -1.04. The van der Waals surface area contributed by atoms with E-state index in [0.29, 0.717) is 12.6 Å². The fraction of sp³-hybridized carbons (Fsp3) is 0.750. The van der Waals surface area contributed by atoms with Crippen molar-refractivity contribution in [2.24, 2.45) is 0 Å². The summed E-state index contributed by atoms with van der Waals surface area (Å²) in [5.74, 6) is 0.952. The Morgan fingerprint density at radius 3 is 2.78 bits per heavy atom. The lowest BCUT2D eigenvalue weighted by Gasteiger charge is -2.23. The molecule has 18 heavy (non-hydrogen) atoms. The lowest BCUT2D eigenvalue weighted by molar-refractivity contribution is 0.459. The van der Waals surface area contributed by atoms with Crippen LogP contribution in [0.15, 0.2) is 12.4 Å². The first-order valence-corrected chi connectivity index (χ1v) is 8.56. The zero-order chi connectivity index (χ0) is 13.0. The van der Waals surface area contributed by atoms with Crippen molar-refractivity contribution in [3.8, 4) is 0 Å². The van der Waals surface area contributed by atoms with Gasteiger partial charge in [0.1, 0.15) is 9.84 Å². The molecular formula is C12H21N3O2S. The predicted molar refractivity (Wildman–Crippen MR) is 72.4 cm³/mol. The van der Waals surface area contributed by atoms with Crippen LogP contribution < -0.4 is 5.32 Å². The maximum atomic E-state index is 11.2. The second-order valence-corrected chi connectivity index (χ2v) is 7.31. The van der Waals surface area contributed by atoms with Crippen LogP contribution in [0.25, 0.3) is 0 Å². The number of rotatable bonds is 5. The van der Waals surface area contributed by atoms with Gasteiger partial charge in [0.15, 0.2) is 0 Å². The normalized spacial score (nSPS) is 17.8. The molecule has 1 aromatic heterocycles. The molecule has 6 heteroatoms. The fourth-order valence-electron chi connectivity index (χ4n) is 2.32. The number of sulfone groups is 1. The molecule has 0 radical (unpaired) electrons. The Labute approximate surface area is 109 Å². The summed E-state index contributed by atoms with van der Waals surface area (Å²) in [6.07, 6.45) is 11.0. The van der Waals surface area contributed by atoms with Crippen molar-refractivity contribution in [1.29, 1.82) is 0 Å². The van der Waals surface area contributed by atoms with E-state index in [0.717, 1.165) is 5.95 Å². The number of nitrogens with one attached hydrogen (secondary N) is 1. The molecule has 1 saturated carbocycles. The van der Waals surface area contributed by atoms with Gasteiger partial charge < -0.3 is 9.88 Å². The van der Waals surface area contributed by atoms with Gasteiger partial charge in [-0.3, -0.25) is 0 Å². The first kappa shape index (κ1) is 13.4. The van der Waals surface area contributed by atoms with Crippen molar-refractivity contribution < 1.29 is 8.42 Å². The van der Waals surface area contributed by atoms with Crippen molar-refractivity contribution in [3.05, 3.63) is 12.4 Å². The van der Waals surface area contributed by atoms with Gasteiger partial charge in [-0.2, -0.15) is 0 Å². The van der Waals surface area contributed by atoms with Crippen LogP contribution in [0, 0.1) is 0 Å². The summed E-state index contributed by atoms with van der Waals surface area (Å²) in [7, 11) is -2.93. The minimum Gasteiger partial charge on any atom is -0.353 e. The molecule has 102 valence electrons. The zero-order valence-electron chi connectivity index (χ0n) is 10.8. The smallest absolute Gasteiger partial charge is 0.203 e. The Bertz CT molecular complexity index is 475. The van der Waals surface area contributed by atoms with Crippen LogP contribution in [-0.2, 0) is 16.4 Å². The number of aromatic nitrogens is 2. The summed E-state index contributed by atoms with van der Waals surface area (Å²) in [6.45, 7) is 0.466. The van der Waals surface area contributed by atoms with Gasteiger partial charge in [-0.25, -0.2) is 13.4 Å². The van der Waals surface area contributed by atoms with E-state index >= 15 is 0 Å². The third-order valence-electron chi connectivity index (χ3n) is 3.36. The summed E-state index contributed by atoms with van der Waals surface area (Å²) in [5.41, 5.74) is 0. The topological polar surface area (TPSA) is 64.0 Å². The molecule has 2 rings (SSSR count). The minimum atomic E-state index is -2.93. The molecule has 1 heterocycles. The summed E-state index contributed by atoms with van der Waals surface area (Å²) in [4.78, 5) is 4.27. The zero-order valence-corrected chi connectivity index (χ0v) is 11.6. The molecule has 1 aliphatic rings. The average molecular weight is 271 g/mol. The van der Waals surface area contributed by atoms with E-state index in [9.17, 15) is 8.42 Å². The SMILES string of the molecule is CS(=O)(=O)CCn1ccnc1NC1CCCCC1. The van der Waals surface area contributed by atoms with Crippen LogP contribution in [0.3, 0.4) is 0 Å². The Morgan fingerprint density at radius 2 is 2.11 bits per heavy atom. The highest BCUT2D eigenvalue weighted by atomic mass is 32.2. The van der Waals surface area contributed by atoms with E-state index in [2.05, 4.69) is 10.3 Å². The molecule has 1 aliphatic carbocycles. The van der Waals surface area contributed by atoms with Gasteiger partial charge in [0.2, 0.25) is 5.95 Å². The molecule has 0 amide bonds. The molecule has 1 fully saturated rings. The van der Waals surface area contributed by atoms with Crippen LogP contribution in [0.4, 0.5) is 5.95 Å². The van der Waals surface area contributed by atoms with Crippen molar-refractivity contribution in [1.82, 2.24) is 9.55 Å². The lowest BCUT2D eigenvalue weighted by atomic mass is 9.96. The molecule has 1 N–H and O–H groups in total. The first-order valence-electron chi connectivity index (χ1n) is 6.50. The molecule has 0 spiro atoms. The lowest BCUT2D eigenvalue weighted by Crippen LogP contribution is -2.25. The summed E-state index contributed by atoms with van der Waals surface area (Å²) in [6, 6.07) is 0.484. The molecular weight excluding hydrogens is 250 g/mol. The highest BCUT2D eigenvalue weighted by molar-refractivity contribution is 7.90. The number of imidazole rings is 1. The van der Waals surface area contributed by atoms with Crippen LogP contribution in [0.1, 0.15) is 32.1 Å². The van der Waals surface area contributed by atoms with Gasteiger partial charge in [-0.05, 0) is 12.8 Å². The van der Waals surface area contributed by atoms with Gasteiger partial charge >= 0.3 is 0 Å². The van der Waals surface area contributed by atoms with E-state index in [4.69, 9.17) is 0 Å². The molecule has 1 aromatic rings. The number of nitrogens with zero attached hydrogens (tertiary/aromatic N) is 2. The third-order valence-corrected chi connectivity index (χ3v) is 4.28. The monoisotopic (exact) mass is 271 g/mol. The van der Waals surface area contributed by atoms with E-state index in [1.165, 1.54) is 38.4 Å². The van der Waals surface area contributed by atoms with Gasteiger partial charge in [0.25, 0.3) is 0 Å². The molecule has 0 atom stereocenters. The molecule has 0 aromatic carbocycles. The predicted octanol–water partition coefficient (Wildman–Crippen LogP) is 1.67. The molecule has 5 nitrogen and oxygen atoms in total. The molecule has 0 aliphatic heterocycles. The van der Waals surface area contributed by atoms with Crippen LogP contribution in [-0.4, -0.2) is 36.0 Å². The van der Waals surface area contributed by atoms with Crippen molar-refractivity contribution in [2.75, 3.05) is 17.3 Å². The summed E-state index contributed by atoms with van der Waals surface area (Å²) >= 11 is 0. The third kappa shape index (κ3) is 4.01. The van der Waals surface area contributed by atoms with E-state index in [1.54, 1.807) is 6.20 Å². The maximum Gasteiger partial charge on any atom is 0.203 e. The Morgan fingerprint density at radius 1 is 1.39 bits per heavy atom. The van der Waals surface area contributed by atoms with Gasteiger partial charge in [-0.1, -0.05) is 19.3 Å². The Kier molecular flexibility index (Phi) is 4.27.